The van der Waals surface area contributed by atoms with Gasteiger partial charge in [0.15, 0.2) is 0 Å². The fraction of sp³-hybridized carbons (Fsp3) is 1.00. The van der Waals surface area contributed by atoms with Crippen molar-refractivity contribution in [1.82, 2.24) is 10.2 Å². The van der Waals surface area contributed by atoms with Crippen LogP contribution < -0.4 is 5.32 Å². The topological polar surface area (TPSA) is 15.3 Å². The van der Waals surface area contributed by atoms with E-state index in [2.05, 4.69) is 17.1 Å². The number of nitrogens with one attached hydrogen (secondary N) is 1. The minimum Gasteiger partial charge on any atom is -0.312 e. The molecule has 1 rings (SSSR count). The highest BCUT2D eigenvalue weighted by atomic mass is 19.4. The zero-order valence-corrected chi connectivity index (χ0v) is 10.7. The molecule has 17 heavy (non-hydrogen) atoms. The summed E-state index contributed by atoms with van der Waals surface area (Å²) in [6.07, 6.45) is -0.328. The first-order valence-corrected chi connectivity index (χ1v) is 6.42. The van der Waals surface area contributed by atoms with E-state index in [-0.39, 0.29) is 19.0 Å². The summed E-state index contributed by atoms with van der Waals surface area (Å²) in [5, 5.41) is 2.97. The number of unbranched alkanes of at least 4 members (excludes halogenated alkanes) is 2. The minimum absolute atomic E-state index is 0.00625. The number of hydrogen-bond acceptors (Lipinski definition) is 2. The van der Waals surface area contributed by atoms with Crippen LogP contribution in [0.4, 0.5) is 13.2 Å². The van der Waals surface area contributed by atoms with E-state index < -0.39 is 12.1 Å². The Balaban J connectivity index is 2.21. The highest BCUT2D eigenvalue weighted by Gasteiger charge is 2.43. The molecule has 0 spiro atoms. The van der Waals surface area contributed by atoms with Gasteiger partial charge in [-0.05, 0) is 26.4 Å². The standard InChI is InChI=1S/C12H23F3N2/c1-3-4-5-6-17(2)9-11-7-10(8-16-11)12(13,14)15/h10-11,16H,3-9H2,1-2H3. The van der Waals surface area contributed by atoms with E-state index in [1.807, 2.05) is 7.05 Å². The summed E-state index contributed by atoms with van der Waals surface area (Å²) in [5.74, 6) is -1.16. The first kappa shape index (κ1) is 14.8. The largest absolute Gasteiger partial charge is 0.393 e. The maximum absolute atomic E-state index is 12.5. The van der Waals surface area contributed by atoms with Gasteiger partial charge in [-0.3, -0.25) is 0 Å². The molecular formula is C12H23F3N2. The fourth-order valence-corrected chi connectivity index (χ4v) is 2.31. The molecule has 102 valence electrons. The molecule has 0 aromatic rings. The van der Waals surface area contributed by atoms with E-state index in [4.69, 9.17) is 0 Å². The molecule has 0 amide bonds. The molecule has 2 unspecified atom stereocenters. The Kier molecular flexibility index (Phi) is 5.73. The van der Waals surface area contributed by atoms with Gasteiger partial charge in [-0.25, -0.2) is 0 Å². The maximum atomic E-state index is 12.5. The lowest BCUT2D eigenvalue weighted by molar-refractivity contribution is -0.169. The normalized spacial score (nSPS) is 25.8. The second kappa shape index (κ2) is 6.59. The third kappa shape index (κ3) is 5.25. The first-order valence-electron chi connectivity index (χ1n) is 6.42. The monoisotopic (exact) mass is 252 g/mol. The predicted octanol–water partition coefficient (Wildman–Crippen LogP) is 2.65. The molecule has 1 aliphatic rings. The molecule has 0 aromatic heterocycles. The fourth-order valence-electron chi connectivity index (χ4n) is 2.31. The van der Waals surface area contributed by atoms with Crippen molar-refractivity contribution in [2.24, 2.45) is 5.92 Å². The van der Waals surface area contributed by atoms with E-state index in [1.54, 1.807) is 0 Å². The average molecular weight is 252 g/mol. The SMILES string of the molecule is CCCCCN(C)CC1CC(C(F)(F)F)CN1. The maximum Gasteiger partial charge on any atom is 0.393 e. The van der Waals surface area contributed by atoms with Gasteiger partial charge in [-0.2, -0.15) is 13.2 Å². The Morgan fingerprint density at radius 2 is 2.00 bits per heavy atom. The highest BCUT2D eigenvalue weighted by molar-refractivity contribution is 4.86. The molecule has 1 heterocycles. The van der Waals surface area contributed by atoms with E-state index in [0.29, 0.717) is 0 Å². The molecule has 2 nitrogen and oxygen atoms in total. The van der Waals surface area contributed by atoms with Gasteiger partial charge < -0.3 is 10.2 Å². The van der Waals surface area contributed by atoms with Crippen LogP contribution in [0.1, 0.15) is 32.6 Å². The Morgan fingerprint density at radius 3 is 2.53 bits per heavy atom. The van der Waals surface area contributed by atoms with Crippen LogP contribution in [-0.2, 0) is 0 Å². The number of likely N-dealkylation sites (N-methyl/N-ethyl adjacent to an activating group) is 1. The lowest BCUT2D eigenvalue weighted by Crippen LogP contribution is -2.35. The zero-order chi connectivity index (χ0) is 12.9. The van der Waals surface area contributed by atoms with Gasteiger partial charge in [0.25, 0.3) is 0 Å². The van der Waals surface area contributed by atoms with Crippen LogP contribution in [0.5, 0.6) is 0 Å². The van der Waals surface area contributed by atoms with Gasteiger partial charge in [0.1, 0.15) is 0 Å². The lowest BCUT2D eigenvalue weighted by Gasteiger charge is -2.21. The van der Waals surface area contributed by atoms with Crippen molar-refractivity contribution in [2.45, 2.75) is 44.8 Å². The molecule has 0 radical (unpaired) electrons. The molecule has 0 saturated carbocycles. The minimum atomic E-state index is -4.04. The van der Waals surface area contributed by atoms with Crippen LogP contribution in [0.15, 0.2) is 0 Å². The quantitative estimate of drug-likeness (QED) is 0.731. The number of hydrogen-bond donors (Lipinski definition) is 1. The van der Waals surface area contributed by atoms with Crippen molar-refractivity contribution in [3.05, 3.63) is 0 Å². The van der Waals surface area contributed by atoms with Gasteiger partial charge >= 0.3 is 6.18 Å². The summed E-state index contributed by atoms with van der Waals surface area (Å²) < 4.78 is 37.4. The van der Waals surface area contributed by atoms with Gasteiger partial charge in [0.05, 0.1) is 5.92 Å². The second-order valence-corrected chi connectivity index (χ2v) is 5.05. The molecule has 1 fully saturated rings. The van der Waals surface area contributed by atoms with Gasteiger partial charge in [-0.15, -0.1) is 0 Å². The summed E-state index contributed by atoms with van der Waals surface area (Å²) in [6, 6.07) is -0.00625. The van der Waals surface area contributed by atoms with Crippen molar-refractivity contribution in [2.75, 3.05) is 26.7 Å². The molecule has 1 N–H and O–H groups in total. The van der Waals surface area contributed by atoms with Crippen LogP contribution in [0.3, 0.4) is 0 Å². The summed E-state index contributed by atoms with van der Waals surface area (Å²) in [5.41, 5.74) is 0. The molecule has 1 saturated heterocycles. The van der Waals surface area contributed by atoms with Gasteiger partial charge in [-0.1, -0.05) is 19.8 Å². The summed E-state index contributed by atoms with van der Waals surface area (Å²) in [4.78, 5) is 2.13. The van der Waals surface area contributed by atoms with E-state index in [0.717, 1.165) is 19.5 Å². The molecule has 0 aromatic carbocycles. The highest BCUT2D eigenvalue weighted by Crippen LogP contribution is 2.32. The van der Waals surface area contributed by atoms with Crippen molar-refractivity contribution >= 4 is 0 Å². The molecule has 0 bridgehead atoms. The summed E-state index contributed by atoms with van der Waals surface area (Å²) >= 11 is 0. The van der Waals surface area contributed by atoms with E-state index >= 15 is 0 Å². The lowest BCUT2D eigenvalue weighted by atomic mass is 10.1. The van der Waals surface area contributed by atoms with E-state index in [1.165, 1.54) is 12.8 Å². The van der Waals surface area contributed by atoms with Crippen LogP contribution in [0, 0.1) is 5.92 Å². The number of rotatable bonds is 6. The number of nitrogens with zero attached hydrogens (tertiary/aromatic N) is 1. The van der Waals surface area contributed by atoms with Crippen LogP contribution in [0.25, 0.3) is 0 Å². The van der Waals surface area contributed by atoms with Crippen molar-refractivity contribution in [3.8, 4) is 0 Å². The third-order valence-corrected chi connectivity index (χ3v) is 3.36. The van der Waals surface area contributed by atoms with Crippen molar-refractivity contribution in [1.29, 1.82) is 0 Å². The first-order chi connectivity index (χ1) is 7.93. The van der Waals surface area contributed by atoms with Gasteiger partial charge in [0, 0.05) is 19.1 Å². The van der Waals surface area contributed by atoms with Crippen molar-refractivity contribution < 1.29 is 13.2 Å². The second-order valence-electron chi connectivity index (χ2n) is 5.05. The Labute approximate surface area is 102 Å². The van der Waals surface area contributed by atoms with E-state index in [9.17, 15) is 13.2 Å². The van der Waals surface area contributed by atoms with Crippen LogP contribution in [0.2, 0.25) is 0 Å². The number of halogens is 3. The summed E-state index contributed by atoms with van der Waals surface area (Å²) in [7, 11) is 1.98. The van der Waals surface area contributed by atoms with Crippen LogP contribution >= 0.6 is 0 Å². The number of alkyl halides is 3. The predicted molar refractivity (Wildman–Crippen MR) is 63.0 cm³/mol. The summed E-state index contributed by atoms with van der Waals surface area (Å²) in [6.45, 7) is 3.92. The molecule has 0 aliphatic carbocycles. The van der Waals surface area contributed by atoms with Gasteiger partial charge in [0.2, 0.25) is 0 Å². The Morgan fingerprint density at radius 1 is 1.29 bits per heavy atom. The molecular weight excluding hydrogens is 229 g/mol. The average Bonchev–Trinajstić information content (AvgIpc) is 2.66. The molecule has 2 atom stereocenters. The molecule has 5 heteroatoms. The Bertz CT molecular complexity index is 218. The van der Waals surface area contributed by atoms with Crippen LogP contribution in [-0.4, -0.2) is 43.8 Å². The van der Waals surface area contributed by atoms with Crippen molar-refractivity contribution in [3.63, 3.8) is 0 Å². The molecule has 1 aliphatic heterocycles. The smallest absolute Gasteiger partial charge is 0.312 e. The third-order valence-electron chi connectivity index (χ3n) is 3.36. The Hall–Kier alpha value is -0.290. The zero-order valence-electron chi connectivity index (χ0n) is 10.7.